The van der Waals surface area contributed by atoms with Gasteiger partial charge >= 0.3 is 6.09 Å². The average Bonchev–Trinajstić information content (AvgIpc) is 3.52. The number of methoxy groups -OCH3 is 1. The molecule has 1 N–H and O–H groups in total. The summed E-state index contributed by atoms with van der Waals surface area (Å²) in [6.07, 6.45) is 3.99. The van der Waals surface area contributed by atoms with E-state index in [-0.39, 0.29) is 18.7 Å². The maximum atomic E-state index is 13.0. The van der Waals surface area contributed by atoms with Crippen molar-refractivity contribution >= 4 is 28.6 Å². The Morgan fingerprint density at radius 2 is 2.03 bits per heavy atom. The van der Waals surface area contributed by atoms with Gasteiger partial charge in [0.2, 0.25) is 0 Å². The van der Waals surface area contributed by atoms with Crippen LogP contribution in [0, 0.1) is 0 Å². The fourth-order valence-corrected chi connectivity index (χ4v) is 4.71. The van der Waals surface area contributed by atoms with E-state index >= 15 is 0 Å². The lowest BCUT2D eigenvalue weighted by molar-refractivity contribution is 0.0629. The van der Waals surface area contributed by atoms with E-state index in [1.807, 2.05) is 59.4 Å². The van der Waals surface area contributed by atoms with Crippen molar-refractivity contribution in [3.05, 3.63) is 82.8 Å². The second kappa shape index (κ2) is 10.4. The second-order valence-electron chi connectivity index (χ2n) is 8.35. The van der Waals surface area contributed by atoms with Crippen LogP contribution in [-0.4, -0.2) is 59.2 Å². The van der Waals surface area contributed by atoms with Crippen molar-refractivity contribution in [3.63, 3.8) is 0 Å². The molecule has 182 valence electrons. The molecule has 1 atom stereocenters. The Balaban J connectivity index is 1.42. The fourth-order valence-electron chi connectivity index (χ4n) is 4.54. The number of fused-ring (bicyclic) bond motifs is 3. The Hall–Kier alpha value is -3.49. The van der Waals surface area contributed by atoms with E-state index in [0.29, 0.717) is 37.7 Å². The number of nitrogens with zero attached hydrogens (tertiary/aromatic N) is 3. The largest absolute Gasteiger partial charge is 0.492 e. The Kier molecular flexibility index (Phi) is 6.92. The van der Waals surface area contributed by atoms with Crippen LogP contribution in [0.4, 0.5) is 4.79 Å². The summed E-state index contributed by atoms with van der Waals surface area (Å²) < 4.78 is 18.2. The van der Waals surface area contributed by atoms with E-state index in [1.54, 1.807) is 18.2 Å². The van der Waals surface area contributed by atoms with E-state index < -0.39 is 0 Å². The first-order valence-electron chi connectivity index (χ1n) is 11.6. The average molecular weight is 495 g/mol. The third-order valence-corrected chi connectivity index (χ3v) is 6.42. The van der Waals surface area contributed by atoms with Crippen LogP contribution in [0.5, 0.6) is 5.75 Å². The quantitative estimate of drug-likeness (QED) is 0.355. The number of hydrogen-bond acceptors (Lipinski definition) is 5. The first-order valence-corrected chi connectivity index (χ1v) is 11.9. The fraction of sp³-hybridized carbons (Fsp3) is 0.308. The van der Waals surface area contributed by atoms with E-state index in [0.717, 1.165) is 27.9 Å². The number of nitrogens with one attached hydrogen (secondary N) is 1. The van der Waals surface area contributed by atoms with Gasteiger partial charge in [-0.05, 0) is 53.9 Å². The van der Waals surface area contributed by atoms with Crippen LogP contribution in [0.3, 0.4) is 0 Å². The van der Waals surface area contributed by atoms with Crippen molar-refractivity contribution in [2.75, 3.05) is 33.5 Å². The number of H-pyrrole nitrogens is 1. The molecule has 0 saturated carbocycles. The third-order valence-electron chi connectivity index (χ3n) is 6.18. The summed E-state index contributed by atoms with van der Waals surface area (Å²) in [4.78, 5) is 18.3. The molecule has 2 aromatic carbocycles. The molecule has 1 amide bonds. The second-order valence-corrected chi connectivity index (χ2v) is 8.78. The molecule has 0 aliphatic carbocycles. The van der Waals surface area contributed by atoms with Crippen molar-refractivity contribution in [2.24, 2.45) is 0 Å². The highest BCUT2D eigenvalue weighted by molar-refractivity contribution is 6.31. The summed E-state index contributed by atoms with van der Waals surface area (Å²) in [7, 11) is 1.58. The Bertz CT molecular complexity index is 1290. The summed E-state index contributed by atoms with van der Waals surface area (Å²) in [5.74, 6) is 0.759. The minimum atomic E-state index is -0.367. The van der Waals surface area contributed by atoms with Crippen LogP contribution in [0.25, 0.3) is 10.9 Å². The van der Waals surface area contributed by atoms with E-state index in [2.05, 4.69) is 10.1 Å². The zero-order chi connectivity index (χ0) is 24.2. The summed E-state index contributed by atoms with van der Waals surface area (Å²) in [5.41, 5.74) is 4.11. The molecule has 3 heterocycles. The van der Waals surface area contributed by atoms with Crippen molar-refractivity contribution in [2.45, 2.75) is 19.0 Å². The number of amides is 1. The van der Waals surface area contributed by atoms with Crippen molar-refractivity contribution in [1.82, 2.24) is 19.7 Å². The molecule has 1 aliphatic rings. The van der Waals surface area contributed by atoms with Gasteiger partial charge in [0.15, 0.2) is 0 Å². The highest BCUT2D eigenvalue weighted by atomic mass is 35.5. The molecule has 2 aromatic heterocycles. The van der Waals surface area contributed by atoms with Gasteiger partial charge in [0, 0.05) is 47.7 Å². The lowest BCUT2D eigenvalue weighted by Gasteiger charge is -2.35. The zero-order valence-electron chi connectivity index (χ0n) is 19.4. The molecule has 0 bridgehead atoms. The normalized spacial score (nSPS) is 15.3. The number of carbonyl (C=O) groups is 1. The molecule has 8 nitrogen and oxygen atoms in total. The van der Waals surface area contributed by atoms with E-state index in [9.17, 15) is 4.79 Å². The zero-order valence-corrected chi connectivity index (χ0v) is 20.2. The number of aromatic nitrogens is 3. The predicted molar refractivity (Wildman–Crippen MR) is 133 cm³/mol. The highest BCUT2D eigenvalue weighted by Crippen LogP contribution is 2.39. The Morgan fingerprint density at radius 3 is 2.80 bits per heavy atom. The molecule has 0 radical (unpaired) electrons. The molecule has 35 heavy (non-hydrogen) atoms. The van der Waals surface area contributed by atoms with Crippen LogP contribution in [0.15, 0.2) is 60.9 Å². The molecule has 9 heteroatoms. The van der Waals surface area contributed by atoms with Crippen molar-refractivity contribution in [3.8, 4) is 5.75 Å². The SMILES string of the molecule is COCCOC(=O)N1CCc2c([nH]c3ccc(Cl)cc23)C1c1ccc(OCCn2cccn2)cc1. The molecule has 0 fully saturated rings. The first-order chi connectivity index (χ1) is 17.1. The molecule has 0 spiro atoms. The summed E-state index contributed by atoms with van der Waals surface area (Å²) in [6, 6.07) is 15.2. The van der Waals surface area contributed by atoms with E-state index in [1.165, 1.54) is 5.56 Å². The topological polar surface area (TPSA) is 81.6 Å². The number of rotatable bonds is 8. The van der Waals surface area contributed by atoms with Gasteiger partial charge in [-0.1, -0.05) is 23.7 Å². The summed E-state index contributed by atoms with van der Waals surface area (Å²) >= 11 is 6.28. The first kappa shape index (κ1) is 23.3. The van der Waals surface area contributed by atoms with Crippen molar-refractivity contribution in [1.29, 1.82) is 0 Å². The molecular formula is C26H27ClN4O4. The van der Waals surface area contributed by atoms with Crippen LogP contribution >= 0.6 is 11.6 Å². The molecule has 1 unspecified atom stereocenters. The van der Waals surface area contributed by atoms with Crippen LogP contribution in [0.2, 0.25) is 5.02 Å². The van der Waals surface area contributed by atoms with Crippen LogP contribution < -0.4 is 4.74 Å². The minimum Gasteiger partial charge on any atom is -0.492 e. The van der Waals surface area contributed by atoms with E-state index in [4.69, 9.17) is 25.8 Å². The predicted octanol–water partition coefficient (Wildman–Crippen LogP) is 4.83. The smallest absolute Gasteiger partial charge is 0.410 e. The number of hydrogen-bond donors (Lipinski definition) is 1. The molecule has 5 rings (SSSR count). The maximum Gasteiger partial charge on any atom is 0.410 e. The molecule has 1 aliphatic heterocycles. The molecule has 4 aromatic rings. The standard InChI is InChI=1S/C26H27ClN4O4/c1-33-15-16-35-26(32)31-12-9-21-22-17-19(27)5-8-23(22)29-24(21)25(31)18-3-6-20(7-4-18)34-14-13-30-11-2-10-28-30/h2-8,10-11,17,25,29H,9,12-16H2,1H3. The summed E-state index contributed by atoms with van der Waals surface area (Å²) in [6.45, 7) is 2.27. The lowest BCUT2D eigenvalue weighted by Crippen LogP contribution is -2.41. The summed E-state index contributed by atoms with van der Waals surface area (Å²) in [5, 5.41) is 5.96. The number of ether oxygens (including phenoxy) is 3. The van der Waals surface area contributed by atoms with Gasteiger partial charge in [0.05, 0.1) is 13.2 Å². The Labute approximate surface area is 208 Å². The number of aromatic amines is 1. The van der Waals surface area contributed by atoms with Gasteiger partial charge in [0.1, 0.15) is 25.0 Å². The van der Waals surface area contributed by atoms with Gasteiger partial charge in [-0.3, -0.25) is 9.58 Å². The minimum absolute atomic E-state index is 0.205. The van der Waals surface area contributed by atoms with Gasteiger partial charge in [-0.2, -0.15) is 5.10 Å². The highest BCUT2D eigenvalue weighted by Gasteiger charge is 2.35. The molecular weight excluding hydrogens is 468 g/mol. The monoisotopic (exact) mass is 494 g/mol. The number of carbonyl (C=O) groups excluding carboxylic acids is 1. The molecule has 0 saturated heterocycles. The van der Waals surface area contributed by atoms with Gasteiger partial charge in [0.25, 0.3) is 0 Å². The third kappa shape index (κ3) is 4.99. The van der Waals surface area contributed by atoms with Gasteiger partial charge in [-0.25, -0.2) is 4.79 Å². The number of halogens is 1. The number of benzene rings is 2. The van der Waals surface area contributed by atoms with Crippen LogP contribution in [0.1, 0.15) is 22.9 Å². The lowest BCUT2D eigenvalue weighted by atomic mass is 9.92. The van der Waals surface area contributed by atoms with Gasteiger partial charge in [-0.15, -0.1) is 0 Å². The van der Waals surface area contributed by atoms with Crippen molar-refractivity contribution < 1.29 is 19.0 Å². The van der Waals surface area contributed by atoms with Gasteiger partial charge < -0.3 is 19.2 Å². The Morgan fingerprint density at radius 1 is 1.17 bits per heavy atom. The van der Waals surface area contributed by atoms with Crippen LogP contribution in [-0.2, 0) is 22.4 Å². The maximum absolute atomic E-state index is 13.0.